The van der Waals surface area contributed by atoms with E-state index in [0.29, 0.717) is 13.0 Å². The van der Waals surface area contributed by atoms with Crippen LogP contribution in [-0.2, 0) is 13.0 Å². The average Bonchev–Trinajstić information content (AvgIpc) is 2.86. The summed E-state index contributed by atoms with van der Waals surface area (Å²) in [6.07, 6.45) is 1.57. The largest absolute Gasteiger partial charge is 0.391 e. The lowest BCUT2D eigenvalue weighted by molar-refractivity contribution is 0.155. The standard InChI is InChI=1S/C17H17FN2O/c1-12-6-7-14(18)8-13(12)9-15(21)10-20-11-19-16-4-2-3-5-17(16)20/h2-8,11,15,21H,9-10H2,1H3. The van der Waals surface area contributed by atoms with Crippen LogP contribution in [0.2, 0.25) is 0 Å². The number of rotatable bonds is 4. The van der Waals surface area contributed by atoms with E-state index in [0.717, 1.165) is 22.2 Å². The topological polar surface area (TPSA) is 38.0 Å². The van der Waals surface area contributed by atoms with E-state index in [1.54, 1.807) is 12.4 Å². The van der Waals surface area contributed by atoms with E-state index in [1.165, 1.54) is 12.1 Å². The van der Waals surface area contributed by atoms with Gasteiger partial charge in [-0.3, -0.25) is 0 Å². The van der Waals surface area contributed by atoms with Crippen molar-refractivity contribution in [1.82, 2.24) is 9.55 Å². The lowest BCUT2D eigenvalue weighted by atomic mass is 10.0. The van der Waals surface area contributed by atoms with E-state index in [4.69, 9.17) is 0 Å². The van der Waals surface area contributed by atoms with E-state index in [2.05, 4.69) is 4.98 Å². The van der Waals surface area contributed by atoms with Gasteiger partial charge in [0.2, 0.25) is 0 Å². The van der Waals surface area contributed by atoms with Gasteiger partial charge in [0, 0.05) is 6.42 Å². The van der Waals surface area contributed by atoms with Crippen LogP contribution in [0, 0.1) is 12.7 Å². The number of benzene rings is 2. The molecule has 1 atom stereocenters. The van der Waals surface area contributed by atoms with Gasteiger partial charge in [0.1, 0.15) is 5.82 Å². The van der Waals surface area contributed by atoms with Gasteiger partial charge in [-0.15, -0.1) is 0 Å². The quantitative estimate of drug-likeness (QED) is 0.799. The predicted octanol–water partition coefficient (Wildman–Crippen LogP) is 3.09. The Balaban J connectivity index is 1.77. The molecule has 0 bridgehead atoms. The molecule has 3 rings (SSSR count). The van der Waals surface area contributed by atoms with Crippen molar-refractivity contribution in [1.29, 1.82) is 0 Å². The zero-order chi connectivity index (χ0) is 14.8. The van der Waals surface area contributed by atoms with Gasteiger partial charge in [0.05, 0.1) is 30.0 Å². The zero-order valence-corrected chi connectivity index (χ0v) is 11.8. The van der Waals surface area contributed by atoms with Gasteiger partial charge in [-0.2, -0.15) is 0 Å². The van der Waals surface area contributed by atoms with Crippen molar-refractivity contribution in [3.05, 3.63) is 65.7 Å². The minimum atomic E-state index is -0.580. The molecule has 2 aromatic carbocycles. The minimum absolute atomic E-state index is 0.268. The van der Waals surface area contributed by atoms with Gasteiger partial charge in [-0.1, -0.05) is 18.2 Å². The van der Waals surface area contributed by atoms with Crippen LogP contribution in [0.4, 0.5) is 4.39 Å². The molecule has 1 heterocycles. The van der Waals surface area contributed by atoms with Crippen LogP contribution in [0.15, 0.2) is 48.8 Å². The van der Waals surface area contributed by atoms with E-state index < -0.39 is 6.10 Å². The first-order valence-corrected chi connectivity index (χ1v) is 6.96. The van der Waals surface area contributed by atoms with Crippen molar-refractivity contribution >= 4 is 11.0 Å². The molecular weight excluding hydrogens is 267 g/mol. The van der Waals surface area contributed by atoms with Crippen LogP contribution in [0.25, 0.3) is 11.0 Å². The third-order valence-electron chi connectivity index (χ3n) is 3.70. The first-order valence-electron chi connectivity index (χ1n) is 6.96. The molecule has 1 aromatic heterocycles. The molecule has 1 unspecified atom stereocenters. The second kappa shape index (κ2) is 5.66. The molecule has 3 aromatic rings. The smallest absolute Gasteiger partial charge is 0.123 e. The maximum absolute atomic E-state index is 13.3. The summed E-state index contributed by atoms with van der Waals surface area (Å²) in [5.74, 6) is -0.268. The number of aliphatic hydroxyl groups excluding tert-OH is 1. The molecule has 0 amide bonds. The minimum Gasteiger partial charge on any atom is -0.391 e. The Morgan fingerprint density at radius 3 is 2.90 bits per heavy atom. The number of halogens is 1. The Labute approximate surface area is 122 Å². The molecular formula is C17H17FN2O. The molecule has 0 spiro atoms. The fourth-order valence-electron chi connectivity index (χ4n) is 2.56. The molecule has 4 heteroatoms. The normalized spacial score (nSPS) is 12.7. The number of hydrogen-bond donors (Lipinski definition) is 1. The zero-order valence-electron chi connectivity index (χ0n) is 11.8. The van der Waals surface area contributed by atoms with Gasteiger partial charge in [0.15, 0.2) is 0 Å². The van der Waals surface area contributed by atoms with Gasteiger partial charge >= 0.3 is 0 Å². The predicted molar refractivity (Wildman–Crippen MR) is 80.6 cm³/mol. The number of para-hydroxylation sites is 2. The summed E-state index contributed by atoms with van der Waals surface area (Å²) in [5, 5.41) is 10.3. The van der Waals surface area contributed by atoms with Crippen molar-refractivity contribution in [2.75, 3.05) is 0 Å². The van der Waals surface area contributed by atoms with Gasteiger partial charge < -0.3 is 9.67 Å². The molecule has 0 saturated heterocycles. The molecule has 108 valence electrons. The van der Waals surface area contributed by atoms with Gasteiger partial charge in [-0.05, 0) is 42.3 Å². The Hall–Kier alpha value is -2.20. The van der Waals surface area contributed by atoms with Crippen LogP contribution >= 0.6 is 0 Å². The number of aryl methyl sites for hydroxylation is 1. The highest BCUT2D eigenvalue weighted by molar-refractivity contribution is 5.74. The second-order valence-corrected chi connectivity index (χ2v) is 5.31. The van der Waals surface area contributed by atoms with Crippen molar-refractivity contribution in [2.45, 2.75) is 26.0 Å². The monoisotopic (exact) mass is 284 g/mol. The van der Waals surface area contributed by atoms with Crippen LogP contribution in [0.3, 0.4) is 0 Å². The Morgan fingerprint density at radius 2 is 2.05 bits per heavy atom. The van der Waals surface area contributed by atoms with Gasteiger partial charge in [0.25, 0.3) is 0 Å². The number of aromatic nitrogens is 2. The molecule has 0 aliphatic heterocycles. The molecule has 0 aliphatic carbocycles. The molecule has 0 radical (unpaired) electrons. The number of imidazole rings is 1. The van der Waals surface area contributed by atoms with Crippen molar-refractivity contribution < 1.29 is 9.50 Å². The fourth-order valence-corrected chi connectivity index (χ4v) is 2.56. The third-order valence-corrected chi connectivity index (χ3v) is 3.70. The second-order valence-electron chi connectivity index (χ2n) is 5.31. The van der Waals surface area contributed by atoms with E-state index >= 15 is 0 Å². The average molecular weight is 284 g/mol. The van der Waals surface area contributed by atoms with Crippen molar-refractivity contribution in [3.63, 3.8) is 0 Å². The molecule has 21 heavy (non-hydrogen) atoms. The maximum Gasteiger partial charge on any atom is 0.123 e. The van der Waals surface area contributed by atoms with E-state index in [1.807, 2.05) is 35.8 Å². The Morgan fingerprint density at radius 1 is 1.24 bits per heavy atom. The summed E-state index contributed by atoms with van der Waals surface area (Å²) >= 11 is 0. The molecule has 1 N–H and O–H groups in total. The van der Waals surface area contributed by atoms with Crippen LogP contribution in [-0.4, -0.2) is 20.8 Å². The molecule has 0 fully saturated rings. The first kappa shape index (κ1) is 13.8. The number of fused-ring (bicyclic) bond motifs is 1. The molecule has 0 aliphatic rings. The summed E-state index contributed by atoms with van der Waals surface area (Å²) in [7, 11) is 0. The van der Waals surface area contributed by atoms with Crippen LogP contribution in [0.5, 0.6) is 0 Å². The lowest BCUT2D eigenvalue weighted by Crippen LogP contribution is -2.18. The summed E-state index contributed by atoms with van der Waals surface area (Å²) in [6.45, 7) is 2.37. The Kier molecular flexibility index (Phi) is 3.71. The van der Waals surface area contributed by atoms with Gasteiger partial charge in [-0.25, -0.2) is 9.37 Å². The van der Waals surface area contributed by atoms with E-state index in [-0.39, 0.29) is 5.82 Å². The summed E-state index contributed by atoms with van der Waals surface area (Å²) < 4.78 is 15.2. The summed E-state index contributed by atoms with van der Waals surface area (Å²) in [4.78, 5) is 4.30. The molecule has 3 nitrogen and oxygen atoms in total. The first-order chi connectivity index (χ1) is 10.1. The molecule has 0 saturated carbocycles. The Bertz CT molecular complexity index is 766. The van der Waals surface area contributed by atoms with E-state index in [9.17, 15) is 9.50 Å². The van der Waals surface area contributed by atoms with Crippen LogP contribution in [0.1, 0.15) is 11.1 Å². The third kappa shape index (κ3) is 2.95. The summed E-state index contributed by atoms with van der Waals surface area (Å²) in [6, 6.07) is 12.5. The number of nitrogens with zero attached hydrogens (tertiary/aromatic N) is 2. The fraction of sp³-hybridized carbons (Fsp3) is 0.235. The highest BCUT2D eigenvalue weighted by atomic mass is 19.1. The highest BCUT2D eigenvalue weighted by Crippen LogP contribution is 2.16. The SMILES string of the molecule is Cc1ccc(F)cc1CC(O)Cn1cnc2ccccc21. The maximum atomic E-state index is 13.3. The number of aliphatic hydroxyl groups is 1. The van der Waals surface area contributed by atoms with Crippen LogP contribution < -0.4 is 0 Å². The summed E-state index contributed by atoms with van der Waals surface area (Å²) in [5.41, 5.74) is 3.73. The number of hydrogen-bond acceptors (Lipinski definition) is 2. The highest BCUT2D eigenvalue weighted by Gasteiger charge is 2.11. The lowest BCUT2D eigenvalue weighted by Gasteiger charge is -2.14. The van der Waals surface area contributed by atoms with Crippen molar-refractivity contribution in [2.24, 2.45) is 0 Å². The van der Waals surface area contributed by atoms with Crippen molar-refractivity contribution in [3.8, 4) is 0 Å².